The minimum atomic E-state index is 0.165. The Kier molecular flexibility index (Phi) is 6.06. The molecule has 1 atom stereocenters. The van der Waals surface area contributed by atoms with Gasteiger partial charge in [0.1, 0.15) is 0 Å². The van der Waals surface area contributed by atoms with Crippen LogP contribution in [0.5, 0.6) is 0 Å². The van der Waals surface area contributed by atoms with Crippen LogP contribution in [0.3, 0.4) is 0 Å². The molecular weight excluding hydrogens is 458 g/mol. The maximum absolute atomic E-state index is 3.71. The number of hydrogen-bond acceptors (Lipinski definition) is 1. The third-order valence-electron chi connectivity index (χ3n) is 3.53. The Morgan fingerprint density at radius 2 is 1.57 bits per heavy atom. The highest BCUT2D eigenvalue weighted by Gasteiger charge is 2.17. The summed E-state index contributed by atoms with van der Waals surface area (Å²) < 4.78 is 3.41. The molecule has 0 aromatic heterocycles. The highest BCUT2D eigenvalue weighted by atomic mass is 79.9. The van der Waals surface area contributed by atoms with E-state index in [2.05, 4.69) is 104 Å². The van der Waals surface area contributed by atoms with Crippen molar-refractivity contribution in [2.75, 3.05) is 6.54 Å². The maximum atomic E-state index is 3.71. The predicted molar refractivity (Wildman–Crippen MR) is 101 cm³/mol. The van der Waals surface area contributed by atoms with Crippen LogP contribution in [-0.4, -0.2) is 6.54 Å². The van der Waals surface area contributed by atoms with Crippen LogP contribution in [0.1, 0.15) is 35.2 Å². The monoisotopic (exact) mass is 473 g/mol. The number of hydrogen-bond donors (Lipinski definition) is 1. The Labute approximate surface area is 151 Å². The van der Waals surface area contributed by atoms with E-state index in [1.54, 1.807) is 0 Å². The van der Waals surface area contributed by atoms with Crippen LogP contribution in [0.2, 0.25) is 0 Å². The Morgan fingerprint density at radius 1 is 0.905 bits per heavy atom. The molecule has 0 aliphatic heterocycles. The van der Waals surface area contributed by atoms with Crippen LogP contribution in [-0.2, 0) is 0 Å². The van der Waals surface area contributed by atoms with E-state index in [1.807, 2.05) is 0 Å². The van der Waals surface area contributed by atoms with E-state index in [9.17, 15) is 0 Å². The zero-order chi connectivity index (χ0) is 15.6. The number of nitrogens with one attached hydrogen (secondary N) is 1. The van der Waals surface area contributed by atoms with Crippen molar-refractivity contribution in [3.05, 3.63) is 66.0 Å². The molecule has 0 radical (unpaired) electrons. The molecule has 2 rings (SSSR count). The van der Waals surface area contributed by atoms with Gasteiger partial charge in [0.05, 0.1) is 6.04 Å². The fourth-order valence-electron chi connectivity index (χ4n) is 2.28. The van der Waals surface area contributed by atoms with E-state index >= 15 is 0 Å². The van der Waals surface area contributed by atoms with Gasteiger partial charge in [-0.05, 0) is 60.8 Å². The molecule has 1 N–H and O–H groups in total. The molecular formula is C17H18Br3N. The highest BCUT2D eigenvalue weighted by Crippen LogP contribution is 2.34. The van der Waals surface area contributed by atoms with Crippen LogP contribution < -0.4 is 5.32 Å². The molecule has 0 saturated heterocycles. The van der Waals surface area contributed by atoms with Crippen LogP contribution in [0, 0.1) is 13.8 Å². The van der Waals surface area contributed by atoms with E-state index in [1.165, 1.54) is 22.3 Å². The standard InChI is InChI=1S/C17H18Br3N/c1-4-21-17(12-6-5-10(2)14(18)8-12)13-9-15(19)11(3)7-16(13)20/h5-9,17,21H,4H2,1-3H3. The second-order valence-electron chi connectivity index (χ2n) is 5.12. The van der Waals surface area contributed by atoms with Crippen molar-refractivity contribution in [2.45, 2.75) is 26.8 Å². The molecule has 0 heterocycles. The zero-order valence-corrected chi connectivity index (χ0v) is 17.1. The first kappa shape index (κ1) is 17.2. The zero-order valence-electron chi connectivity index (χ0n) is 12.3. The van der Waals surface area contributed by atoms with Crippen molar-refractivity contribution in [1.29, 1.82) is 0 Å². The minimum Gasteiger partial charge on any atom is -0.306 e. The SMILES string of the molecule is CCNC(c1ccc(C)c(Br)c1)c1cc(Br)c(C)cc1Br. The molecule has 112 valence electrons. The first-order valence-corrected chi connectivity index (χ1v) is 9.27. The van der Waals surface area contributed by atoms with E-state index in [-0.39, 0.29) is 6.04 Å². The van der Waals surface area contributed by atoms with Crippen molar-refractivity contribution in [3.63, 3.8) is 0 Å². The molecule has 0 saturated carbocycles. The normalized spacial score (nSPS) is 12.5. The first-order valence-electron chi connectivity index (χ1n) is 6.89. The van der Waals surface area contributed by atoms with Crippen LogP contribution in [0.25, 0.3) is 0 Å². The molecule has 0 aliphatic rings. The minimum absolute atomic E-state index is 0.165. The molecule has 2 aromatic carbocycles. The van der Waals surface area contributed by atoms with Gasteiger partial charge >= 0.3 is 0 Å². The van der Waals surface area contributed by atoms with E-state index in [0.717, 1.165) is 20.0 Å². The smallest absolute Gasteiger partial charge is 0.0588 e. The number of halogens is 3. The van der Waals surface area contributed by atoms with Gasteiger partial charge in [0.2, 0.25) is 0 Å². The summed E-state index contributed by atoms with van der Waals surface area (Å²) in [5, 5.41) is 3.58. The maximum Gasteiger partial charge on any atom is 0.0588 e. The second-order valence-corrected chi connectivity index (χ2v) is 7.69. The van der Waals surface area contributed by atoms with Gasteiger partial charge in [-0.3, -0.25) is 0 Å². The number of aryl methyl sites for hydroxylation is 2. The fourth-order valence-corrected chi connectivity index (χ4v) is 3.73. The summed E-state index contributed by atoms with van der Waals surface area (Å²) in [5.41, 5.74) is 4.97. The van der Waals surface area contributed by atoms with Crippen molar-refractivity contribution in [3.8, 4) is 0 Å². The van der Waals surface area contributed by atoms with E-state index in [4.69, 9.17) is 0 Å². The van der Waals surface area contributed by atoms with Crippen molar-refractivity contribution < 1.29 is 0 Å². The van der Waals surface area contributed by atoms with Crippen molar-refractivity contribution in [2.24, 2.45) is 0 Å². The van der Waals surface area contributed by atoms with Crippen LogP contribution in [0.4, 0.5) is 0 Å². The number of benzene rings is 2. The topological polar surface area (TPSA) is 12.0 Å². The molecule has 0 fully saturated rings. The Bertz CT molecular complexity index is 653. The third-order valence-corrected chi connectivity index (χ3v) is 5.92. The molecule has 2 aromatic rings. The Balaban J connectivity index is 2.52. The lowest BCUT2D eigenvalue weighted by molar-refractivity contribution is 0.627. The quantitative estimate of drug-likeness (QED) is 0.548. The Morgan fingerprint density at radius 3 is 2.19 bits per heavy atom. The lowest BCUT2D eigenvalue weighted by atomic mass is 9.97. The first-order chi connectivity index (χ1) is 9.93. The summed E-state index contributed by atoms with van der Waals surface area (Å²) >= 11 is 11.0. The third kappa shape index (κ3) is 3.98. The van der Waals surface area contributed by atoms with Crippen LogP contribution >= 0.6 is 47.8 Å². The number of rotatable bonds is 4. The lowest BCUT2D eigenvalue weighted by Gasteiger charge is -2.22. The van der Waals surface area contributed by atoms with Gasteiger partial charge in [-0.2, -0.15) is 0 Å². The molecule has 21 heavy (non-hydrogen) atoms. The van der Waals surface area contributed by atoms with Gasteiger partial charge in [-0.15, -0.1) is 0 Å². The highest BCUT2D eigenvalue weighted by molar-refractivity contribution is 9.11. The summed E-state index contributed by atoms with van der Waals surface area (Å²) in [6, 6.07) is 11.1. The average Bonchev–Trinajstić information content (AvgIpc) is 2.44. The molecule has 4 heteroatoms. The van der Waals surface area contributed by atoms with Gasteiger partial charge in [-0.1, -0.05) is 66.8 Å². The largest absolute Gasteiger partial charge is 0.306 e. The molecule has 0 spiro atoms. The second kappa shape index (κ2) is 7.40. The average molecular weight is 476 g/mol. The van der Waals surface area contributed by atoms with Gasteiger partial charge in [0, 0.05) is 13.4 Å². The Hall–Kier alpha value is -0.160. The van der Waals surface area contributed by atoms with Gasteiger partial charge in [-0.25, -0.2) is 0 Å². The summed E-state index contributed by atoms with van der Waals surface area (Å²) in [6.07, 6.45) is 0. The summed E-state index contributed by atoms with van der Waals surface area (Å²) in [7, 11) is 0. The fraction of sp³-hybridized carbons (Fsp3) is 0.294. The van der Waals surface area contributed by atoms with Crippen molar-refractivity contribution >= 4 is 47.8 Å². The molecule has 0 aliphatic carbocycles. The lowest BCUT2D eigenvalue weighted by Crippen LogP contribution is -2.22. The van der Waals surface area contributed by atoms with Crippen LogP contribution in [0.15, 0.2) is 43.7 Å². The van der Waals surface area contributed by atoms with Gasteiger partial charge < -0.3 is 5.32 Å². The van der Waals surface area contributed by atoms with E-state index in [0.29, 0.717) is 0 Å². The van der Waals surface area contributed by atoms with Gasteiger partial charge in [0.25, 0.3) is 0 Å². The summed E-state index contributed by atoms with van der Waals surface area (Å²) in [4.78, 5) is 0. The molecule has 0 bridgehead atoms. The summed E-state index contributed by atoms with van der Waals surface area (Å²) in [6.45, 7) is 7.25. The van der Waals surface area contributed by atoms with E-state index < -0.39 is 0 Å². The predicted octanol–water partition coefficient (Wildman–Crippen LogP) is 6.29. The molecule has 0 amide bonds. The molecule has 1 unspecified atom stereocenters. The van der Waals surface area contributed by atoms with Gasteiger partial charge in [0.15, 0.2) is 0 Å². The molecule has 1 nitrogen and oxygen atoms in total. The summed E-state index contributed by atoms with van der Waals surface area (Å²) in [5.74, 6) is 0. The van der Waals surface area contributed by atoms with Crippen molar-refractivity contribution in [1.82, 2.24) is 5.32 Å².